The number of rotatable bonds is 7. The van der Waals surface area contributed by atoms with Crippen LogP contribution in [0.1, 0.15) is 24.5 Å². The quantitative estimate of drug-likeness (QED) is 0.804. The number of aryl methyl sites for hydroxylation is 1. The number of nitrogens with two attached hydrogens (primary N) is 1. The zero-order valence-corrected chi connectivity index (χ0v) is 12.2. The molecule has 3 nitrogen and oxygen atoms in total. The molecule has 0 aromatic heterocycles. The number of hydrogen-bond acceptors (Lipinski definition) is 3. The molecule has 0 saturated carbocycles. The minimum atomic E-state index is 0.624. The molecular formula is C15H27N3. The minimum absolute atomic E-state index is 0.624. The van der Waals surface area contributed by atoms with Gasteiger partial charge in [0.2, 0.25) is 0 Å². The Hall–Kier alpha value is -1.06. The van der Waals surface area contributed by atoms with Gasteiger partial charge < -0.3 is 15.5 Å². The van der Waals surface area contributed by atoms with E-state index in [1.807, 2.05) is 0 Å². The average molecular weight is 249 g/mol. The maximum absolute atomic E-state index is 5.70. The van der Waals surface area contributed by atoms with Gasteiger partial charge >= 0.3 is 0 Å². The van der Waals surface area contributed by atoms with Crippen LogP contribution in [0.3, 0.4) is 0 Å². The molecule has 102 valence electrons. The van der Waals surface area contributed by atoms with Crippen LogP contribution in [0.2, 0.25) is 0 Å². The average Bonchev–Trinajstić information content (AvgIpc) is 2.34. The molecule has 0 spiro atoms. The fourth-order valence-corrected chi connectivity index (χ4v) is 2.15. The molecule has 2 N–H and O–H groups in total. The number of anilines is 1. The van der Waals surface area contributed by atoms with Crippen molar-refractivity contribution in [3.05, 3.63) is 29.3 Å². The minimum Gasteiger partial charge on any atom is -0.372 e. The molecule has 0 aliphatic heterocycles. The van der Waals surface area contributed by atoms with Gasteiger partial charge in [0.1, 0.15) is 0 Å². The van der Waals surface area contributed by atoms with E-state index in [-0.39, 0.29) is 0 Å². The summed E-state index contributed by atoms with van der Waals surface area (Å²) < 4.78 is 0. The van der Waals surface area contributed by atoms with Gasteiger partial charge in [-0.3, -0.25) is 0 Å². The lowest BCUT2D eigenvalue weighted by atomic mass is 10.1. The van der Waals surface area contributed by atoms with Crippen LogP contribution >= 0.6 is 0 Å². The summed E-state index contributed by atoms with van der Waals surface area (Å²) in [4.78, 5) is 4.66. The van der Waals surface area contributed by atoms with Crippen molar-refractivity contribution in [1.29, 1.82) is 0 Å². The Morgan fingerprint density at radius 1 is 1.17 bits per heavy atom. The molecule has 0 saturated heterocycles. The highest BCUT2D eigenvalue weighted by molar-refractivity contribution is 5.50. The largest absolute Gasteiger partial charge is 0.372 e. The Labute approximate surface area is 112 Å². The molecule has 3 heteroatoms. The fraction of sp³-hybridized carbons (Fsp3) is 0.600. The molecular weight excluding hydrogens is 222 g/mol. The summed E-state index contributed by atoms with van der Waals surface area (Å²) in [7, 11) is 4.24. The Bertz CT molecular complexity index is 361. The Balaban J connectivity index is 2.67. The molecule has 0 heterocycles. The van der Waals surface area contributed by atoms with Gasteiger partial charge in [-0.2, -0.15) is 0 Å². The molecule has 0 aliphatic carbocycles. The predicted molar refractivity (Wildman–Crippen MR) is 80.1 cm³/mol. The SMILES string of the molecule is CCN(CCCN(C)C)c1ccc(CN)c(C)c1. The van der Waals surface area contributed by atoms with E-state index in [1.54, 1.807) is 0 Å². The van der Waals surface area contributed by atoms with Crippen molar-refractivity contribution in [2.75, 3.05) is 38.6 Å². The fourth-order valence-electron chi connectivity index (χ4n) is 2.15. The highest BCUT2D eigenvalue weighted by Gasteiger charge is 2.06. The van der Waals surface area contributed by atoms with E-state index in [0.29, 0.717) is 6.54 Å². The third-order valence-electron chi connectivity index (χ3n) is 3.33. The Kier molecular flexibility index (Phi) is 6.16. The lowest BCUT2D eigenvalue weighted by Gasteiger charge is -2.25. The van der Waals surface area contributed by atoms with Crippen LogP contribution < -0.4 is 10.6 Å². The van der Waals surface area contributed by atoms with Crippen LogP contribution in [0.4, 0.5) is 5.69 Å². The second kappa shape index (κ2) is 7.39. The molecule has 0 unspecified atom stereocenters. The van der Waals surface area contributed by atoms with E-state index >= 15 is 0 Å². The lowest BCUT2D eigenvalue weighted by molar-refractivity contribution is 0.400. The zero-order chi connectivity index (χ0) is 13.5. The topological polar surface area (TPSA) is 32.5 Å². The van der Waals surface area contributed by atoms with E-state index in [0.717, 1.165) is 19.6 Å². The van der Waals surface area contributed by atoms with Crippen LogP contribution in [0.25, 0.3) is 0 Å². The third-order valence-corrected chi connectivity index (χ3v) is 3.33. The lowest BCUT2D eigenvalue weighted by Crippen LogP contribution is -2.27. The summed E-state index contributed by atoms with van der Waals surface area (Å²) in [5.74, 6) is 0. The molecule has 0 atom stereocenters. The summed E-state index contributed by atoms with van der Waals surface area (Å²) in [5.41, 5.74) is 9.55. The normalized spacial score (nSPS) is 11.0. The summed E-state index contributed by atoms with van der Waals surface area (Å²) in [6.07, 6.45) is 1.19. The van der Waals surface area contributed by atoms with E-state index < -0.39 is 0 Å². The van der Waals surface area contributed by atoms with Crippen molar-refractivity contribution >= 4 is 5.69 Å². The summed E-state index contributed by atoms with van der Waals surface area (Å²) in [6.45, 7) is 8.27. The van der Waals surface area contributed by atoms with Gasteiger partial charge in [-0.1, -0.05) is 6.07 Å². The van der Waals surface area contributed by atoms with Crippen molar-refractivity contribution in [3.8, 4) is 0 Å². The van der Waals surface area contributed by atoms with Gasteiger partial charge in [0, 0.05) is 25.3 Å². The van der Waals surface area contributed by atoms with Crippen molar-refractivity contribution in [1.82, 2.24) is 4.90 Å². The van der Waals surface area contributed by atoms with Crippen molar-refractivity contribution in [2.45, 2.75) is 26.8 Å². The van der Waals surface area contributed by atoms with Crippen LogP contribution in [-0.2, 0) is 6.54 Å². The van der Waals surface area contributed by atoms with Crippen LogP contribution in [0.15, 0.2) is 18.2 Å². The van der Waals surface area contributed by atoms with Gasteiger partial charge in [0.15, 0.2) is 0 Å². The summed E-state index contributed by atoms with van der Waals surface area (Å²) >= 11 is 0. The van der Waals surface area contributed by atoms with Crippen molar-refractivity contribution in [2.24, 2.45) is 5.73 Å². The van der Waals surface area contributed by atoms with Gasteiger partial charge in [-0.05, 0) is 64.2 Å². The van der Waals surface area contributed by atoms with E-state index in [4.69, 9.17) is 5.73 Å². The number of nitrogens with zero attached hydrogens (tertiary/aromatic N) is 2. The highest BCUT2D eigenvalue weighted by atomic mass is 15.1. The van der Waals surface area contributed by atoms with Crippen molar-refractivity contribution < 1.29 is 0 Å². The van der Waals surface area contributed by atoms with Crippen LogP contribution in [0.5, 0.6) is 0 Å². The van der Waals surface area contributed by atoms with Crippen LogP contribution in [-0.4, -0.2) is 38.6 Å². The number of hydrogen-bond donors (Lipinski definition) is 1. The standard InChI is InChI=1S/C15H27N3/c1-5-18(10-6-9-17(3)4)15-8-7-14(12-16)13(2)11-15/h7-8,11H,5-6,9-10,12,16H2,1-4H3. The first-order valence-corrected chi connectivity index (χ1v) is 6.77. The van der Waals surface area contributed by atoms with Gasteiger partial charge in [-0.25, -0.2) is 0 Å². The highest BCUT2D eigenvalue weighted by Crippen LogP contribution is 2.19. The molecule has 0 amide bonds. The summed E-state index contributed by atoms with van der Waals surface area (Å²) in [6, 6.07) is 6.59. The molecule has 1 aromatic carbocycles. The van der Waals surface area contributed by atoms with Gasteiger partial charge in [0.05, 0.1) is 0 Å². The molecule has 0 radical (unpaired) electrons. The van der Waals surface area contributed by atoms with E-state index in [2.05, 4.69) is 55.9 Å². The first-order valence-electron chi connectivity index (χ1n) is 6.77. The maximum atomic E-state index is 5.70. The van der Waals surface area contributed by atoms with E-state index in [1.165, 1.54) is 23.2 Å². The number of benzene rings is 1. The maximum Gasteiger partial charge on any atom is 0.0368 e. The molecule has 18 heavy (non-hydrogen) atoms. The first kappa shape index (κ1) is 15.0. The zero-order valence-electron chi connectivity index (χ0n) is 12.2. The first-order chi connectivity index (χ1) is 8.58. The Morgan fingerprint density at radius 3 is 2.39 bits per heavy atom. The molecule has 0 fully saturated rings. The van der Waals surface area contributed by atoms with Crippen LogP contribution in [0, 0.1) is 6.92 Å². The molecule has 0 aliphatic rings. The Morgan fingerprint density at radius 2 is 1.89 bits per heavy atom. The molecule has 0 bridgehead atoms. The monoisotopic (exact) mass is 249 g/mol. The smallest absolute Gasteiger partial charge is 0.0368 e. The van der Waals surface area contributed by atoms with Crippen molar-refractivity contribution in [3.63, 3.8) is 0 Å². The third kappa shape index (κ3) is 4.31. The summed E-state index contributed by atoms with van der Waals surface area (Å²) in [5, 5.41) is 0. The van der Waals surface area contributed by atoms with Gasteiger partial charge in [-0.15, -0.1) is 0 Å². The second-order valence-electron chi connectivity index (χ2n) is 5.05. The second-order valence-corrected chi connectivity index (χ2v) is 5.05. The van der Waals surface area contributed by atoms with E-state index in [9.17, 15) is 0 Å². The predicted octanol–water partition coefficient (Wildman–Crippen LogP) is 2.23. The molecule has 1 rings (SSSR count). The van der Waals surface area contributed by atoms with Gasteiger partial charge in [0.25, 0.3) is 0 Å². The molecule has 1 aromatic rings.